The maximum Gasteiger partial charge on any atom is 0.269 e. The number of hydrazine groups is 1. The molecule has 0 atom stereocenters. The van der Waals surface area contributed by atoms with Gasteiger partial charge in [0.25, 0.3) is 11.9 Å². The molecule has 56 heavy (non-hydrogen) atoms. The molecule has 0 bridgehead atoms. The van der Waals surface area contributed by atoms with Crippen LogP contribution in [-0.4, -0.2) is 72.8 Å². The van der Waals surface area contributed by atoms with Gasteiger partial charge in [-0.25, -0.2) is 35.9 Å². The summed E-state index contributed by atoms with van der Waals surface area (Å²) >= 11 is 0. The molecule has 14 nitrogen and oxygen atoms in total. The molecule has 0 unspecified atom stereocenters. The Morgan fingerprint density at radius 2 is 0.839 bits per heavy atom. The smallest absolute Gasteiger partial charge is 0.269 e. The third-order valence-corrected chi connectivity index (χ3v) is 11.3. The summed E-state index contributed by atoms with van der Waals surface area (Å²) in [5.74, 6) is 1.82. The maximum absolute atomic E-state index is 12.2. The molecule has 0 spiro atoms. The van der Waals surface area contributed by atoms with Crippen LogP contribution in [0, 0.1) is 0 Å². The van der Waals surface area contributed by atoms with Crippen LogP contribution in [0.5, 0.6) is 11.5 Å². The molecule has 8 rings (SSSR count). The standard InChI is InChI=1S/C40H34N8O6S2/c1-53-31-19-15-29(16-20-31)47(39-41-37-9-5-7-35(45(37)43-39)27-11-23-33(24-12-27)55(3,49)50)48(30-17-21-32(54-2)22-18-30)40-42-38-10-6-8-36(46(38)44-40)28-13-25-34(26-14-28)56(4,51)52/h5-26H,1-4H3. The molecule has 282 valence electrons. The predicted molar refractivity (Wildman–Crippen MR) is 213 cm³/mol. The van der Waals surface area contributed by atoms with Gasteiger partial charge in [-0.1, -0.05) is 36.4 Å². The van der Waals surface area contributed by atoms with E-state index in [9.17, 15) is 16.8 Å². The minimum absolute atomic E-state index is 0.211. The van der Waals surface area contributed by atoms with Gasteiger partial charge >= 0.3 is 0 Å². The molecule has 4 aromatic carbocycles. The number of anilines is 4. The average Bonchev–Trinajstić information content (AvgIpc) is 3.84. The molecule has 4 heterocycles. The Kier molecular flexibility index (Phi) is 9.14. The van der Waals surface area contributed by atoms with Crippen molar-refractivity contribution in [1.82, 2.24) is 29.2 Å². The molecule has 0 saturated heterocycles. The maximum atomic E-state index is 12.2. The van der Waals surface area contributed by atoms with E-state index < -0.39 is 19.7 Å². The van der Waals surface area contributed by atoms with E-state index in [1.54, 1.807) is 81.8 Å². The van der Waals surface area contributed by atoms with Crippen molar-refractivity contribution in [1.29, 1.82) is 0 Å². The Morgan fingerprint density at radius 1 is 0.482 bits per heavy atom. The zero-order valence-electron chi connectivity index (χ0n) is 30.5. The first-order valence-electron chi connectivity index (χ1n) is 17.1. The summed E-state index contributed by atoms with van der Waals surface area (Å²) in [7, 11) is -3.59. The summed E-state index contributed by atoms with van der Waals surface area (Å²) in [5.41, 5.74) is 5.19. The van der Waals surface area contributed by atoms with E-state index in [2.05, 4.69) is 0 Å². The lowest BCUT2D eigenvalue weighted by Crippen LogP contribution is -2.37. The van der Waals surface area contributed by atoms with E-state index in [-0.39, 0.29) is 21.7 Å². The molecule has 0 saturated carbocycles. The normalized spacial score (nSPS) is 11.9. The Labute approximate surface area is 322 Å². The number of sulfone groups is 2. The molecule has 0 radical (unpaired) electrons. The number of methoxy groups -OCH3 is 2. The molecule has 0 aliphatic rings. The topological polar surface area (TPSA) is 154 Å². The van der Waals surface area contributed by atoms with E-state index in [1.807, 2.05) is 84.9 Å². The average molecular weight is 787 g/mol. The Morgan fingerprint density at radius 3 is 1.16 bits per heavy atom. The Hall–Kier alpha value is -6.78. The van der Waals surface area contributed by atoms with Crippen LogP contribution in [0.25, 0.3) is 33.8 Å². The number of aromatic nitrogens is 6. The highest BCUT2D eigenvalue weighted by molar-refractivity contribution is 7.91. The van der Waals surface area contributed by atoms with Crippen LogP contribution in [0.1, 0.15) is 0 Å². The second-order valence-electron chi connectivity index (χ2n) is 12.8. The highest BCUT2D eigenvalue weighted by Gasteiger charge is 2.29. The number of rotatable bonds is 11. The fraction of sp³-hybridized carbons (Fsp3) is 0.100. The van der Waals surface area contributed by atoms with Crippen molar-refractivity contribution in [3.8, 4) is 34.0 Å². The van der Waals surface area contributed by atoms with Gasteiger partial charge in [0.05, 0.1) is 46.8 Å². The molecule has 8 aromatic rings. The second kappa shape index (κ2) is 14.1. The fourth-order valence-corrected chi connectivity index (χ4v) is 7.50. The number of hydrogen-bond donors (Lipinski definition) is 0. The first-order chi connectivity index (χ1) is 26.9. The van der Waals surface area contributed by atoms with Crippen molar-refractivity contribution in [3.05, 3.63) is 133 Å². The molecular formula is C40H34N8O6S2. The van der Waals surface area contributed by atoms with Crippen LogP contribution >= 0.6 is 0 Å². The number of benzene rings is 4. The summed E-state index contributed by atoms with van der Waals surface area (Å²) in [4.78, 5) is 10.4. The first-order valence-corrected chi connectivity index (χ1v) is 20.9. The van der Waals surface area contributed by atoms with Gasteiger partial charge in [-0.05, 0) is 97.1 Å². The summed E-state index contributed by atoms with van der Waals surface area (Å²) in [6.07, 6.45) is 2.34. The van der Waals surface area contributed by atoms with E-state index in [0.717, 1.165) is 11.1 Å². The highest BCUT2D eigenvalue weighted by atomic mass is 32.2. The first kappa shape index (κ1) is 36.2. The van der Waals surface area contributed by atoms with Gasteiger partial charge in [0.2, 0.25) is 0 Å². The second-order valence-corrected chi connectivity index (χ2v) is 16.8. The third kappa shape index (κ3) is 6.86. The SMILES string of the molecule is COc1ccc(N(c2nc3cccc(-c4ccc(S(C)(=O)=O)cc4)n3n2)N(c2ccc(OC)cc2)c2nc3cccc(-c4ccc(S(C)(=O)=O)cc4)n3n2)cc1. The van der Waals surface area contributed by atoms with Crippen LogP contribution in [0.3, 0.4) is 0 Å². The lowest BCUT2D eigenvalue weighted by Gasteiger charge is -2.33. The molecule has 0 amide bonds. The lowest BCUT2D eigenvalue weighted by molar-refractivity contribution is 0.414. The van der Waals surface area contributed by atoms with Crippen molar-refractivity contribution in [3.63, 3.8) is 0 Å². The summed E-state index contributed by atoms with van der Waals surface area (Å²) in [5, 5.41) is 13.7. The molecular weight excluding hydrogens is 753 g/mol. The van der Waals surface area contributed by atoms with Gasteiger partial charge in [-0.15, -0.1) is 10.2 Å². The van der Waals surface area contributed by atoms with Gasteiger partial charge in [0.15, 0.2) is 31.0 Å². The Bertz CT molecular complexity index is 2730. The highest BCUT2D eigenvalue weighted by Crippen LogP contribution is 2.37. The van der Waals surface area contributed by atoms with Crippen LogP contribution in [-0.2, 0) is 19.7 Å². The van der Waals surface area contributed by atoms with Crippen molar-refractivity contribution >= 4 is 54.2 Å². The number of ether oxygens (including phenoxy) is 2. The monoisotopic (exact) mass is 786 g/mol. The molecule has 0 fully saturated rings. The van der Waals surface area contributed by atoms with Gasteiger partial charge in [0, 0.05) is 23.6 Å². The third-order valence-electron chi connectivity index (χ3n) is 9.07. The number of fused-ring (bicyclic) bond motifs is 2. The van der Waals surface area contributed by atoms with E-state index in [0.29, 0.717) is 45.6 Å². The largest absolute Gasteiger partial charge is 0.497 e. The molecule has 0 N–H and O–H groups in total. The van der Waals surface area contributed by atoms with E-state index in [4.69, 9.17) is 29.6 Å². The van der Waals surface area contributed by atoms with Gasteiger partial charge in [-0.3, -0.25) is 0 Å². The van der Waals surface area contributed by atoms with Gasteiger partial charge < -0.3 is 9.47 Å². The van der Waals surface area contributed by atoms with E-state index in [1.165, 1.54) is 12.5 Å². The van der Waals surface area contributed by atoms with Gasteiger partial charge in [-0.2, -0.15) is 9.97 Å². The fourth-order valence-electron chi connectivity index (χ4n) is 6.24. The lowest BCUT2D eigenvalue weighted by atomic mass is 10.1. The van der Waals surface area contributed by atoms with Crippen LogP contribution < -0.4 is 19.5 Å². The van der Waals surface area contributed by atoms with Crippen molar-refractivity contribution in [2.45, 2.75) is 9.79 Å². The number of pyridine rings is 2. The van der Waals surface area contributed by atoms with Gasteiger partial charge in [0.1, 0.15) is 11.5 Å². The number of nitrogens with zero attached hydrogens (tertiary/aromatic N) is 8. The van der Waals surface area contributed by atoms with Crippen LogP contribution in [0.4, 0.5) is 23.3 Å². The summed E-state index contributed by atoms with van der Waals surface area (Å²) < 4.78 is 63.1. The van der Waals surface area contributed by atoms with Crippen molar-refractivity contribution in [2.75, 3.05) is 36.7 Å². The molecule has 16 heteroatoms. The summed E-state index contributed by atoms with van der Waals surface area (Å²) in [6.45, 7) is 0. The Balaban J connectivity index is 1.33. The van der Waals surface area contributed by atoms with E-state index >= 15 is 0 Å². The zero-order chi connectivity index (χ0) is 39.2. The minimum Gasteiger partial charge on any atom is -0.497 e. The quantitative estimate of drug-likeness (QED) is 0.126. The van der Waals surface area contributed by atoms with Crippen LogP contribution in [0.15, 0.2) is 143 Å². The molecule has 0 aliphatic carbocycles. The zero-order valence-corrected chi connectivity index (χ0v) is 32.2. The molecule has 0 aliphatic heterocycles. The predicted octanol–water partition coefficient (Wildman–Crippen LogP) is 6.82. The van der Waals surface area contributed by atoms with Crippen molar-refractivity contribution in [2.24, 2.45) is 0 Å². The van der Waals surface area contributed by atoms with Crippen molar-refractivity contribution < 1.29 is 26.3 Å². The molecule has 4 aromatic heterocycles. The minimum atomic E-state index is -3.39. The summed E-state index contributed by atoms with van der Waals surface area (Å²) in [6, 6.07) is 39.2. The van der Waals surface area contributed by atoms with Crippen LogP contribution in [0.2, 0.25) is 0 Å². The number of hydrogen-bond acceptors (Lipinski definition) is 12.